The Kier molecular flexibility index (Phi) is 5.47. The van der Waals surface area contributed by atoms with Crippen molar-refractivity contribution < 1.29 is 9.63 Å². The summed E-state index contributed by atoms with van der Waals surface area (Å²) in [5.41, 5.74) is 8.89. The molecule has 0 radical (unpaired) electrons. The van der Waals surface area contributed by atoms with Crippen molar-refractivity contribution in [2.75, 3.05) is 4.90 Å². The SMILES string of the molecule is C[C@@H](O/N=C(\N)Cc1ccccc1Cl)C(=O)N1c2ccccc2C[C@@H]1C. The van der Waals surface area contributed by atoms with E-state index < -0.39 is 6.10 Å². The summed E-state index contributed by atoms with van der Waals surface area (Å²) in [6, 6.07) is 15.4. The summed E-state index contributed by atoms with van der Waals surface area (Å²) in [7, 11) is 0. The molecule has 2 aromatic carbocycles. The van der Waals surface area contributed by atoms with Gasteiger partial charge in [0.05, 0.1) is 0 Å². The third-order valence-electron chi connectivity index (χ3n) is 4.45. The van der Waals surface area contributed by atoms with E-state index in [1.807, 2.05) is 49.4 Å². The molecule has 6 heteroatoms. The fourth-order valence-electron chi connectivity index (χ4n) is 3.16. The van der Waals surface area contributed by atoms with Crippen molar-refractivity contribution in [2.45, 2.75) is 38.8 Å². The van der Waals surface area contributed by atoms with Crippen molar-refractivity contribution in [3.8, 4) is 0 Å². The van der Waals surface area contributed by atoms with Crippen molar-refractivity contribution in [3.05, 3.63) is 64.7 Å². The van der Waals surface area contributed by atoms with Crippen LogP contribution >= 0.6 is 11.6 Å². The largest absolute Gasteiger partial charge is 0.384 e. The number of carbonyl (C=O) groups is 1. The number of hydrogen-bond acceptors (Lipinski definition) is 3. The van der Waals surface area contributed by atoms with Crippen LogP contribution in [0.5, 0.6) is 0 Å². The summed E-state index contributed by atoms with van der Waals surface area (Å²) in [5, 5.41) is 4.54. The molecule has 0 aromatic heterocycles. The topological polar surface area (TPSA) is 67.9 Å². The van der Waals surface area contributed by atoms with E-state index >= 15 is 0 Å². The van der Waals surface area contributed by atoms with Crippen LogP contribution in [0.25, 0.3) is 0 Å². The first-order chi connectivity index (χ1) is 12.5. The van der Waals surface area contributed by atoms with E-state index in [-0.39, 0.29) is 17.8 Å². The molecule has 1 aliphatic heterocycles. The molecule has 5 nitrogen and oxygen atoms in total. The summed E-state index contributed by atoms with van der Waals surface area (Å²) in [6.45, 7) is 3.71. The number of halogens is 1. The maximum Gasteiger partial charge on any atom is 0.270 e. The van der Waals surface area contributed by atoms with Crippen LogP contribution in [0.3, 0.4) is 0 Å². The number of anilines is 1. The molecule has 2 atom stereocenters. The third-order valence-corrected chi connectivity index (χ3v) is 4.82. The van der Waals surface area contributed by atoms with Gasteiger partial charge in [0, 0.05) is 23.2 Å². The van der Waals surface area contributed by atoms with Crippen LogP contribution in [0, 0.1) is 0 Å². The zero-order valence-electron chi connectivity index (χ0n) is 14.9. The van der Waals surface area contributed by atoms with Gasteiger partial charge in [-0.15, -0.1) is 0 Å². The molecule has 1 heterocycles. The minimum Gasteiger partial charge on any atom is -0.384 e. The standard InChI is InChI=1S/C20H22ClN3O2/c1-13-11-16-8-4-6-10-18(16)24(13)20(25)14(2)26-23-19(22)12-15-7-3-5-9-17(15)21/h3-10,13-14H,11-12H2,1-2H3,(H2,22,23)/t13-,14+/m0/s1. The number of nitrogens with two attached hydrogens (primary N) is 1. The van der Waals surface area contributed by atoms with Gasteiger partial charge in [0.25, 0.3) is 5.91 Å². The van der Waals surface area contributed by atoms with Gasteiger partial charge in [-0.05, 0) is 43.5 Å². The third kappa shape index (κ3) is 3.83. The Bertz CT molecular complexity index is 837. The van der Waals surface area contributed by atoms with Crippen LogP contribution in [0.15, 0.2) is 53.7 Å². The Hall–Kier alpha value is -2.53. The lowest BCUT2D eigenvalue weighted by molar-refractivity contribution is -0.129. The van der Waals surface area contributed by atoms with Gasteiger partial charge in [0.1, 0.15) is 5.84 Å². The molecule has 0 aliphatic carbocycles. The lowest BCUT2D eigenvalue weighted by Crippen LogP contribution is -2.42. The van der Waals surface area contributed by atoms with Gasteiger partial charge in [-0.25, -0.2) is 0 Å². The van der Waals surface area contributed by atoms with Crippen LogP contribution in [-0.4, -0.2) is 23.9 Å². The predicted octanol–water partition coefficient (Wildman–Crippen LogP) is 3.54. The average molecular weight is 372 g/mol. The van der Waals surface area contributed by atoms with Crippen LogP contribution in [0.4, 0.5) is 5.69 Å². The van der Waals surface area contributed by atoms with E-state index in [1.54, 1.807) is 17.9 Å². The first-order valence-electron chi connectivity index (χ1n) is 8.60. The number of benzene rings is 2. The fraction of sp³-hybridized carbons (Fsp3) is 0.300. The Morgan fingerprint density at radius 1 is 1.31 bits per heavy atom. The van der Waals surface area contributed by atoms with E-state index in [0.29, 0.717) is 11.4 Å². The van der Waals surface area contributed by atoms with Gasteiger partial charge in [-0.3, -0.25) is 4.79 Å². The van der Waals surface area contributed by atoms with Crippen LogP contribution < -0.4 is 10.6 Å². The first-order valence-corrected chi connectivity index (χ1v) is 8.97. The summed E-state index contributed by atoms with van der Waals surface area (Å²) in [4.78, 5) is 20.0. The molecule has 2 N–H and O–H groups in total. The van der Waals surface area contributed by atoms with Crippen molar-refractivity contribution in [2.24, 2.45) is 10.9 Å². The van der Waals surface area contributed by atoms with Gasteiger partial charge in [-0.1, -0.05) is 53.2 Å². The number of oxime groups is 1. The zero-order valence-corrected chi connectivity index (χ0v) is 15.6. The summed E-state index contributed by atoms with van der Waals surface area (Å²) in [6.07, 6.45) is 0.476. The Morgan fingerprint density at radius 2 is 2.00 bits per heavy atom. The highest BCUT2D eigenvalue weighted by molar-refractivity contribution is 6.31. The average Bonchev–Trinajstić information content (AvgIpc) is 2.96. The number of amides is 1. The van der Waals surface area contributed by atoms with Gasteiger partial charge in [-0.2, -0.15) is 0 Å². The second-order valence-corrected chi connectivity index (χ2v) is 6.90. The number of amidine groups is 1. The molecule has 26 heavy (non-hydrogen) atoms. The summed E-state index contributed by atoms with van der Waals surface area (Å²) >= 11 is 6.12. The molecule has 2 aromatic rings. The Labute approximate surface area is 158 Å². The predicted molar refractivity (Wildman–Crippen MR) is 104 cm³/mol. The molecule has 0 saturated heterocycles. The number of hydrogen-bond donors (Lipinski definition) is 1. The Morgan fingerprint density at radius 3 is 2.77 bits per heavy atom. The minimum atomic E-state index is -0.728. The van der Waals surface area contributed by atoms with Crippen LogP contribution in [0.1, 0.15) is 25.0 Å². The maximum absolute atomic E-state index is 12.8. The minimum absolute atomic E-state index is 0.0930. The molecule has 0 spiro atoms. The lowest BCUT2D eigenvalue weighted by Gasteiger charge is -2.25. The lowest BCUT2D eigenvalue weighted by atomic mass is 10.1. The monoisotopic (exact) mass is 371 g/mol. The highest BCUT2D eigenvalue weighted by Gasteiger charge is 2.34. The van der Waals surface area contributed by atoms with E-state index in [1.165, 1.54) is 5.56 Å². The van der Waals surface area contributed by atoms with E-state index in [0.717, 1.165) is 17.7 Å². The van der Waals surface area contributed by atoms with Crippen molar-refractivity contribution in [1.82, 2.24) is 0 Å². The fourth-order valence-corrected chi connectivity index (χ4v) is 3.36. The first kappa shape index (κ1) is 18.3. The zero-order chi connectivity index (χ0) is 18.7. The molecule has 0 saturated carbocycles. The number of carbonyl (C=O) groups excluding carboxylic acids is 1. The molecule has 3 rings (SSSR count). The number of fused-ring (bicyclic) bond motifs is 1. The van der Waals surface area contributed by atoms with Crippen LogP contribution in [-0.2, 0) is 22.5 Å². The molecule has 0 bridgehead atoms. The van der Waals surface area contributed by atoms with E-state index in [9.17, 15) is 4.79 Å². The number of nitrogens with zero attached hydrogens (tertiary/aromatic N) is 2. The molecule has 0 unspecified atom stereocenters. The number of para-hydroxylation sites is 1. The second kappa shape index (κ2) is 7.79. The molecule has 136 valence electrons. The summed E-state index contributed by atoms with van der Waals surface area (Å²) < 4.78 is 0. The van der Waals surface area contributed by atoms with E-state index in [2.05, 4.69) is 5.16 Å². The molecular formula is C20H22ClN3O2. The molecule has 1 aliphatic rings. The van der Waals surface area contributed by atoms with Gasteiger partial charge in [0.2, 0.25) is 6.10 Å². The normalized spacial score (nSPS) is 17.7. The Balaban J connectivity index is 1.65. The van der Waals surface area contributed by atoms with Crippen molar-refractivity contribution in [1.29, 1.82) is 0 Å². The van der Waals surface area contributed by atoms with Gasteiger partial charge in [0.15, 0.2) is 0 Å². The molecular weight excluding hydrogens is 350 g/mol. The smallest absolute Gasteiger partial charge is 0.270 e. The maximum atomic E-state index is 12.8. The highest BCUT2D eigenvalue weighted by Crippen LogP contribution is 2.32. The highest BCUT2D eigenvalue weighted by atomic mass is 35.5. The van der Waals surface area contributed by atoms with Crippen molar-refractivity contribution >= 4 is 29.0 Å². The number of rotatable bonds is 5. The molecule has 1 amide bonds. The van der Waals surface area contributed by atoms with E-state index in [4.69, 9.17) is 22.2 Å². The second-order valence-electron chi connectivity index (χ2n) is 6.49. The summed E-state index contributed by atoms with van der Waals surface area (Å²) in [5.74, 6) is 0.143. The van der Waals surface area contributed by atoms with Crippen LogP contribution in [0.2, 0.25) is 5.02 Å². The van der Waals surface area contributed by atoms with Gasteiger partial charge >= 0.3 is 0 Å². The van der Waals surface area contributed by atoms with Crippen molar-refractivity contribution in [3.63, 3.8) is 0 Å². The van der Waals surface area contributed by atoms with Gasteiger partial charge < -0.3 is 15.5 Å². The quantitative estimate of drug-likeness (QED) is 0.496. The molecule has 0 fully saturated rings.